The van der Waals surface area contributed by atoms with Gasteiger partial charge in [0.05, 0.1) is 12.8 Å². The summed E-state index contributed by atoms with van der Waals surface area (Å²) < 4.78 is 5.41. The van der Waals surface area contributed by atoms with Crippen molar-refractivity contribution in [3.63, 3.8) is 0 Å². The van der Waals surface area contributed by atoms with E-state index in [-0.39, 0.29) is 0 Å². The van der Waals surface area contributed by atoms with Gasteiger partial charge in [0, 0.05) is 12.1 Å². The van der Waals surface area contributed by atoms with Gasteiger partial charge in [0.25, 0.3) is 0 Å². The summed E-state index contributed by atoms with van der Waals surface area (Å²) in [5, 5.41) is 0. The van der Waals surface area contributed by atoms with Crippen LogP contribution in [0, 0.1) is 0 Å². The van der Waals surface area contributed by atoms with Crippen molar-refractivity contribution in [2.24, 2.45) is 0 Å². The van der Waals surface area contributed by atoms with Gasteiger partial charge >= 0.3 is 0 Å². The van der Waals surface area contributed by atoms with Crippen LogP contribution in [0.4, 0.5) is 5.69 Å². The molecule has 0 N–H and O–H groups in total. The third-order valence-corrected chi connectivity index (χ3v) is 3.68. The highest BCUT2D eigenvalue weighted by Gasteiger charge is 2.49. The van der Waals surface area contributed by atoms with Gasteiger partial charge in [-0.3, -0.25) is 0 Å². The molecule has 1 heterocycles. The van der Waals surface area contributed by atoms with Gasteiger partial charge in [-0.15, -0.1) is 0 Å². The lowest BCUT2D eigenvalue weighted by Crippen LogP contribution is -2.00. The van der Waals surface area contributed by atoms with Crippen LogP contribution in [0.5, 0.6) is 5.75 Å². The molecule has 2 heteroatoms. The number of methoxy groups -OCH3 is 1. The van der Waals surface area contributed by atoms with E-state index < -0.39 is 0 Å². The van der Waals surface area contributed by atoms with Crippen molar-refractivity contribution in [1.82, 2.24) is 0 Å². The van der Waals surface area contributed by atoms with Gasteiger partial charge in [0.15, 0.2) is 0 Å². The smallest absolute Gasteiger partial charge is 0.142 e. The summed E-state index contributed by atoms with van der Waals surface area (Å²) in [6.45, 7) is 0. The first-order valence-corrected chi connectivity index (χ1v) is 5.83. The van der Waals surface area contributed by atoms with Crippen molar-refractivity contribution in [2.45, 2.75) is 37.8 Å². The largest absolute Gasteiger partial charge is 0.495 e. The summed E-state index contributed by atoms with van der Waals surface area (Å²) in [7, 11) is 1.76. The molecule has 1 aliphatic heterocycles. The predicted molar refractivity (Wildman–Crippen MR) is 61.5 cm³/mol. The monoisotopic (exact) mass is 203 g/mol. The maximum Gasteiger partial charge on any atom is 0.142 e. The lowest BCUT2D eigenvalue weighted by atomic mass is 10.0. The van der Waals surface area contributed by atoms with E-state index in [1.807, 2.05) is 6.07 Å². The molecule has 2 fully saturated rings. The van der Waals surface area contributed by atoms with Crippen molar-refractivity contribution in [1.29, 1.82) is 0 Å². The van der Waals surface area contributed by atoms with E-state index in [1.165, 1.54) is 31.4 Å². The molecule has 0 amide bonds. The predicted octanol–water partition coefficient (Wildman–Crippen LogP) is 2.83. The average Bonchev–Trinajstić information content (AvgIpc) is 3.03. The number of fused-ring (bicyclic) bond motifs is 1. The van der Waals surface area contributed by atoms with Crippen molar-refractivity contribution in [2.75, 3.05) is 12.0 Å². The third kappa shape index (κ3) is 1.39. The van der Waals surface area contributed by atoms with Gasteiger partial charge in [-0.1, -0.05) is 25.0 Å². The minimum Gasteiger partial charge on any atom is -0.495 e. The highest BCUT2D eigenvalue weighted by atomic mass is 16.5. The van der Waals surface area contributed by atoms with Crippen LogP contribution in [0.3, 0.4) is 0 Å². The summed E-state index contributed by atoms with van der Waals surface area (Å²) in [6, 6.07) is 9.97. The molecule has 1 saturated carbocycles. The zero-order chi connectivity index (χ0) is 10.3. The minimum atomic E-state index is 0.801. The zero-order valence-corrected chi connectivity index (χ0v) is 9.15. The Bertz CT molecular complexity index is 351. The Morgan fingerprint density at radius 3 is 2.47 bits per heavy atom. The molecule has 80 valence electrons. The van der Waals surface area contributed by atoms with Gasteiger partial charge in [-0.05, 0) is 25.0 Å². The van der Waals surface area contributed by atoms with Gasteiger partial charge in [-0.2, -0.15) is 0 Å². The molecule has 2 nitrogen and oxygen atoms in total. The van der Waals surface area contributed by atoms with E-state index >= 15 is 0 Å². The fourth-order valence-corrected chi connectivity index (χ4v) is 2.91. The molecule has 0 radical (unpaired) electrons. The average molecular weight is 203 g/mol. The molecule has 1 saturated heterocycles. The van der Waals surface area contributed by atoms with Crippen LogP contribution in [0.2, 0.25) is 0 Å². The maximum atomic E-state index is 5.41. The van der Waals surface area contributed by atoms with Crippen molar-refractivity contribution in [3.8, 4) is 5.75 Å². The Kier molecular flexibility index (Phi) is 2.08. The van der Waals surface area contributed by atoms with Crippen molar-refractivity contribution in [3.05, 3.63) is 24.3 Å². The molecule has 2 aliphatic rings. The number of ether oxygens (including phenoxy) is 1. The lowest BCUT2D eigenvalue weighted by molar-refractivity contribution is 0.415. The van der Waals surface area contributed by atoms with E-state index in [0.717, 1.165) is 17.8 Å². The standard InChI is InChI=1S/C13H17NO/c1-15-13-9-5-4-8-12(13)14-10-6-2-3-7-11(10)14/h4-5,8-11H,2-3,6-7H2,1H3. The number of rotatable bonds is 2. The molecule has 1 aliphatic carbocycles. The summed E-state index contributed by atoms with van der Waals surface area (Å²) in [6.07, 6.45) is 5.52. The third-order valence-electron chi connectivity index (χ3n) is 3.68. The molecule has 15 heavy (non-hydrogen) atoms. The Balaban J connectivity index is 1.87. The maximum absolute atomic E-state index is 5.41. The van der Waals surface area contributed by atoms with E-state index in [2.05, 4.69) is 23.1 Å². The quantitative estimate of drug-likeness (QED) is 0.685. The second-order valence-electron chi connectivity index (χ2n) is 4.50. The van der Waals surface area contributed by atoms with E-state index in [0.29, 0.717) is 0 Å². The van der Waals surface area contributed by atoms with Crippen LogP contribution < -0.4 is 9.64 Å². The fraction of sp³-hybridized carbons (Fsp3) is 0.538. The number of benzene rings is 1. The Labute approximate surface area is 90.8 Å². The number of nitrogens with zero attached hydrogens (tertiary/aromatic N) is 1. The zero-order valence-electron chi connectivity index (χ0n) is 9.15. The molecule has 0 aromatic heterocycles. The fourth-order valence-electron chi connectivity index (χ4n) is 2.91. The van der Waals surface area contributed by atoms with Crippen molar-refractivity contribution >= 4 is 5.69 Å². The molecular formula is C13H17NO. The minimum absolute atomic E-state index is 0.801. The summed E-state index contributed by atoms with van der Waals surface area (Å²) in [5.74, 6) is 1.02. The number of hydrogen-bond donors (Lipinski definition) is 0. The van der Waals surface area contributed by atoms with Gasteiger partial charge in [0.2, 0.25) is 0 Å². The van der Waals surface area contributed by atoms with E-state index in [4.69, 9.17) is 4.74 Å². The summed E-state index contributed by atoms with van der Waals surface area (Å²) >= 11 is 0. The van der Waals surface area contributed by atoms with Crippen LogP contribution in [0.15, 0.2) is 24.3 Å². The Hall–Kier alpha value is -1.18. The lowest BCUT2D eigenvalue weighted by Gasteiger charge is -2.10. The van der Waals surface area contributed by atoms with Crippen LogP contribution >= 0.6 is 0 Å². The molecule has 0 bridgehead atoms. The topological polar surface area (TPSA) is 12.2 Å². The first-order chi connectivity index (χ1) is 7.42. The van der Waals surface area contributed by atoms with E-state index in [1.54, 1.807) is 7.11 Å². The van der Waals surface area contributed by atoms with Gasteiger partial charge in [0.1, 0.15) is 5.75 Å². The molecule has 0 spiro atoms. The van der Waals surface area contributed by atoms with Gasteiger partial charge < -0.3 is 9.64 Å². The van der Waals surface area contributed by atoms with Crippen LogP contribution in [0.1, 0.15) is 25.7 Å². The van der Waals surface area contributed by atoms with Crippen molar-refractivity contribution < 1.29 is 4.74 Å². The molecule has 1 aromatic rings. The highest BCUT2D eigenvalue weighted by Crippen LogP contribution is 2.47. The molecular weight excluding hydrogens is 186 g/mol. The second kappa shape index (κ2) is 3.44. The molecule has 2 atom stereocenters. The van der Waals surface area contributed by atoms with Crippen LogP contribution in [-0.4, -0.2) is 19.2 Å². The second-order valence-corrected chi connectivity index (χ2v) is 4.50. The summed E-state index contributed by atoms with van der Waals surface area (Å²) in [4.78, 5) is 2.53. The highest BCUT2D eigenvalue weighted by molar-refractivity contribution is 5.65. The SMILES string of the molecule is COc1ccccc1N1C2CCCCC21. The molecule has 1 aromatic carbocycles. The van der Waals surface area contributed by atoms with E-state index in [9.17, 15) is 0 Å². The molecule has 2 unspecified atom stereocenters. The van der Waals surface area contributed by atoms with Crippen LogP contribution in [0.25, 0.3) is 0 Å². The summed E-state index contributed by atoms with van der Waals surface area (Å²) in [5.41, 5.74) is 1.29. The Morgan fingerprint density at radius 1 is 1.13 bits per heavy atom. The normalized spacial score (nSPS) is 28.5. The molecule has 3 rings (SSSR count). The van der Waals surface area contributed by atoms with Gasteiger partial charge in [-0.25, -0.2) is 0 Å². The first kappa shape index (κ1) is 9.08. The number of hydrogen-bond acceptors (Lipinski definition) is 2. The Morgan fingerprint density at radius 2 is 1.80 bits per heavy atom. The first-order valence-electron chi connectivity index (χ1n) is 5.83. The number of para-hydroxylation sites is 2. The number of anilines is 1. The van der Waals surface area contributed by atoms with Crippen LogP contribution in [-0.2, 0) is 0 Å².